The zero-order chi connectivity index (χ0) is 24.1. The highest BCUT2D eigenvalue weighted by molar-refractivity contribution is 7.14. The molecule has 2 aliphatic rings. The van der Waals surface area contributed by atoms with Crippen LogP contribution in [0.4, 0.5) is 8.78 Å². The van der Waals surface area contributed by atoms with Gasteiger partial charge in [-0.15, -0.1) is 10.2 Å². The van der Waals surface area contributed by atoms with E-state index in [1.807, 2.05) is 11.9 Å². The molecule has 4 heterocycles. The van der Waals surface area contributed by atoms with Crippen molar-refractivity contribution in [1.29, 1.82) is 0 Å². The van der Waals surface area contributed by atoms with Crippen LogP contribution in [-0.2, 0) is 6.42 Å². The lowest BCUT2D eigenvalue weighted by Crippen LogP contribution is -2.64. The summed E-state index contributed by atoms with van der Waals surface area (Å²) in [4.78, 5) is 27.9. The van der Waals surface area contributed by atoms with E-state index in [-0.39, 0.29) is 40.3 Å². The second kappa shape index (κ2) is 8.46. The van der Waals surface area contributed by atoms with Crippen molar-refractivity contribution < 1.29 is 18.7 Å². The molecule has 178 valence electrons. The molecule has 11 heteroatoms. The van der Waals surface area contributed by atoms with Crippen molar-refractivity contribution >= 4 is 17.2 Å². The van der Waals surface area contributed by atoms with Gasteiger partial charge < -0.3 is 10.0 Å². The molecule has 0 saturated carbocycles. The number of halogens is 2. The number of nitrogens with zero attached hydrogens (tertiary/aromatic N) is 5. The Morgan fingerprint density at radius 2 is 2.00 bits per heavy atom. The topological polar surface area (TPSA) is 91.6 Å². The fourth-order valence-corrected chi connectivity index (χ4v) is 5.56. The van der Waals surface area contributed by atoms with Crippen LogP contribution in [0.5, 0.6) is 5.75 Å². The van der Waals surface area contributed by atoms with Gasteiger partial charge in [0.15, 0.2) is 16.5 Å². The van der Waals surface area contributed by atoms with Gasteiger partial charge in [0, 0.05) is 31.8 Å². The number of fused-ring (bicyclic) bond motifs is 3. The van der Waals surface area contributed by atoms with Gasteiger partial charge in [0.05, 0.1) is 5.56 Å². The molecule has 0 aliphatic carbocycles. The standard InChI is InChI=1S/C23H23F2N5O3S/c1-3-28-18-7-4-12(2)10-29(18)30-11-15(20(31)21(32)19(30)23(28)33)22-27-26-17(34-22)8-13-5-6-14(24)9-16(13)25/h5-6,9,11-12,18,32H,3-4,7-8,10H2,1-2H3/t12-,18-/m0/s1. The Hall–Kier alpha value is -3.34. The number of pyridine rings is 1. The van der Waals surface area contributed by atoms with E-state index in [2.05, 4.69) is 17.1 Å². The summed E-state index contributed by atoms with van der Waals surface area (Å²) in [5, 5.41) is 21.6. The average Bonchev–Trinajstić information content (AvgIpc) is 3.26. The highest BCUT2D eigenvalue weighted by atomic mass is 32.1. The van der Waals surface area contributed by atoms with E-state index in [9.17, 15) is 23.5 Å². The zero-order valence-corrected chi connectivity index (χ0v) is 19.5. The van der Waals surface area contributed by atoms with Crippen LogP contribution in [0.2, 0.25) is 0 Å². The van der Waals surface area contributed by atoms with Crippen LogP contribution >= 0.6 is 11.3 Å². The molecule has 2 aliphatic heterocycles. The third-order valence-corrected chi connectivity index (χ3v) is 7.38. The highest BCUT2D eigenvalue weighted by Crippen LogP contribution is 2.33. The lowest BCUT2D eigenvalue weighted by atomic mass is 9.97. The van der Waals surface area contributed by atoms with Crippen molar-refractivity contribution in [2.24, 2.45) is 5.92 Å². The van der Waals surface area contributed by atoms with E-state index in [0.717, 1.165) is 30.2 Å². The Morgan fingerprint density at radius 1 is 1.21 bits per heavy atom. The number of amides is 1. The van der Waals surface area contributed by atoms with Crippen LogP contribution in [0.1, 0.15) is 47.7 Å². The third-order valence-electron chi connectivity index (χ3n) is 6.42. The van der Waals surface area contributed by atoms with E-state index in [1.54, 1.807) is 9.58 Å². The van der Waals surface area contributed by atoms with Crippen molar-refractivity contribution in [2.75, 3.05) is 18.1 Å². The number of benzene rings is 1. The molecule has 1 aromatic carbocycles. The summed E-state index contributed by atoms with van der Waals surface area (Å²) >= 11 is 1.08. The van der Waals surface area contributed by atoms with E-state index >= 15 is 0 Å². The van der Waals surface area contributed by atoms with E-state index < -0.39 is 22.8 Å². The Labute approximate surface area is 198 Å². The summed E-state index contributed by atoms with van der Waals surface area (Å²) in [6, 6.07) is 3.31. The molecule has 1 saturated heterocycles. The minimum absolute atomic E-state index is 0.0564. The lowest BCUT2D eigenvalue weighted by Gasteiger charge is -2.50. The molecule has 1 N–H and O–H groups in total. The first-order valence-corrected chi connectivity index (χ1v) is 11.9. The summed E-state index contributed by atoms with van der Waals surface area (Å²) in [6.07, 6.45) is 3.21. The fourth-order valence-electron chi connectivity index (χ4n) is 4.69. The Morgan fingerprint density at radius 3 is 2.74 bits per heavy atom. The Balaban J connectivity index is 1.56. The van der Waals surface area contributed by atoms with E-state index in [4.69, 9.17) is 0 Å². The summed E-state index contributed by atoms with van der Waals surface area (Å²) in [7, 11) is 0. The molecule has 0 radical (unpaired) electrons. The van der Waals surface area contributed by atoms with Crippen molar-refractivity contribution in [3.63, 3.8) is 0 Å². The minimum atomic E-state index is -0.713. The first-order valence-electron chi connectivity index (χ1n) is 11.1. The zero-order valence-electron chi connectivity index (χ0n) is 18.7. The van der Waals surface area contributed by atoms with Crippen molar-refractivity contribution in [2.45, 2.75) is 39.3 Å². The van der Waals surface area contributed by atoms with Gasteiger partial charge in [0.1, 0.15) is 22.8 Å². The van der Waals surface area contributed by atoms with Crippen molar-refractivity contribution in [1.82, 2.24) is 19.8 Å². The molecule has 0 spiro atoms. The summed E-state index contributed by atoms with van der Waals surface area (Å²) in [6.45, 7) is 5.12. The molecule has 5 rings (SSSR count). The van der Waals surface area contributed by atoms with E-state index in [1.165, 1.54) is 18.3 Å². The normalized spacial score (nSPS) is 19.8. The number of hydrogen-bond donors (Lipinski definition) is 1. The maximum atomic E-state index is 14.0. The predicted octanol–water partition coefficient (Wildman–Crippen LogP) is 3.11. The van der Waals surface area contributed by atoms with Crippen LogP contribution in [0.15, 0.2) is 29.2 Å². The van der Waals surface area contributed by atoms with E-state index in [0.29, 0.717) is 24.0 Å². The number of aromatic nitrogens is 3. The highest BCUT2D eigenvalue weighted by Gasteiger charge is 2.41. The van der Waals surface area contributed by atoms with Gasteiger partial charge in [-0.25, -0.2) is 8.78 Å². The fraction of sp³-hybridized carbons (Fsp3) is 0.391. The monoisotopic (exact) mass is 487 g/mol. The number of piperidine rings is 1. The first-order chi connectivity index (χ1) is 16.3. The summed E-state index contributed by atoms with van der Waals surface area (Å²) < 4.78 is 28.8. The van der Waals surface area contributed by atoms with Crippen LogP contribution in [0.25, 0.3) is 10.6 Å². The molecule has 2 aromatic heterocycles. The van der Waals surface area contributed by atoms with Gasteiger partial charge in [-0.2, -0.15) is 0 Å². The van der Waals surface area contributed by atoms with Crippen LogP contribution in [0.3, 0.4) is 0 Å². The first kappa shape index (κ1) is 22.5. The third kappa shape index (κ3) is 3.64. The quantitative estimate of drug-likeness (QED) is 0.608. The maximum absolute atomic E-state index is 14.0. The van der Waals surface area contributed by atoms with Crippen LogP contribution in [-0.4, -0.2) is 50.0 Å². The second-order valence-corrected chi connectivity index (χ2v) is 9.77. The lowest BCUT2D eigenvalue weighted by molar-refractivity contribution is 0.0509. The van der Waals surface area contributed by atoms with Crippen LogP contribution in [0, 0.1) is 17.6 Å². The number of rotatable bonds is 4. The second-order valence-electron chi connectivity index (χ2n) is 8.70. The number of carbonyl (C=O) groups excluding carboxylic acids is 1. The van der Waals surface area contributed by atoms with Gasteiger partial charge >= 0.3 is 0 Å². The smallest absolute Gasteiger partial charge is 0.278 e. The van der Waals surface area contributed by atoms with Crippen LogP contribution < -0.4 is 10.4 Å². The summed E-state index contributed by atoms with van der Waals surface area (Å²) in [5.41, 5.74) is -0.405. The van der Waals surface area contributed by atoms with Crippen molar-refractivity contribution in [3.05, 3.63) is 62.5 Å². The summed E-state index contributed by atoms with van der Waals surface area (Å²) in [5.74, 6) is -1.99. The Kier molecular flexibility index (Phi) is 5.59. The predicted molar refractivity (Wildman–Crippen MR) is 122 cm³/mol. The van der Waals surface area contributed by atoms with Gasteiger partial charge in [0.2, 0.25) is 5.43 Å². The molecule has 0 unspecified atom stereocenters. The number of aromatic hydroxyl groups is 1. The molecule has 1 amide bonds. The molecule has 34 heavy (non-hydrogen) atoms. The Bertz CT molecular complexity index is 1340. The molecule has 0 bridgehead atoms. The minimum Gasteiger partial charge on any atom is -0.502 e. The SMILES string of the molecule is CCN1C(=O)c2c(O)c(=O)c(-c3nnc(Cc4ccc(F)cc4F)s3)cn2N2C[C@@H](C)CC[C@@H]12. The molecule has 1 fully saturated rings. The molecule has 8 nitrogen and oxygen atoms in total. The van der Waals surface area contributed by atoms with Gasteiger partial charge in [0.25, 0.3) is 5.91 Å². The molecular formula is C23H23F2N5O3S. The van der Waals surface area contributed by atoms with Gasteiger partial charge in [-0.1, -0.05) is 24.3 Å². The number of hydrogen-bond acceptors (Lipinski definition) is 7. The van der Waals surface area contributed by atoms with Crippen molar-refractivity contribution in [3.8, 4) is 16.3 Å². The van der Waals surface area contributed by atoms with Gasteiger partial charge in [-0.05, 0) is 37.3 Å². The molecule has 2 atom stereocenters. The number of carbonyl (C=O) groups is 1. The largest absolute Gasteiger partial charge is 0.502 e. The molecular weight excluding hydrogens is 464 g/mol. The maximum Gasteiger partial charge on any atom is 0.278 e. The van der Waals surface area contributed by atoms with Gasteiger partial charge in [-0.3, -0.25) is 19.3 Å². The molecule has 3 aromatic rings. The average molecular weight is 488 g/mol.